The van der Waals surface area contributed by atoms with Crippen LogP contribution in [0.2, 0.25) is 0 Å². The molecule has 0 saturated heterocycles. The number of carbonyl (C=O) groups is 1. The number of nitrogens with zero attached hydrogens (tertiary/aromatic N) is 1. The van der Waals surface area contributed by atoms with E-state index in [9.17, 15) is 9.59 Å². The van der Waals surface area contributed by atoms with Crippen LogP contribution in [-0.2, 0) is 16.0 Å². The Balaban J connectivity index is 1.97. The van der Waals surface area contributed by atoms with Crippen LogP contribution in [0, 0.1) is 0 Å². The van der Waals surface area contributed by atoms with Crippen LogP contribution in [0.1, 0.15) is 5.56 Å². The van der Waals surface area contributed by atoms with E-state index in [1.165, 1.54) is 7.11 Å². The van der Waals surface area contributed by atoms with Crippen molar-refractivity contribution in [2.24, 2.45) is 0 Å². The number of methoxy groups -OCH3 is 1. The number of esters is 1. The highest BCUT2D eigenvalue weighted by Gasteiger charge is 2.07. The first-order valence-corrected chi connectivity index (χ1v) is 5.95. The van der Waals surface area contributed by atoms with E-state index in [2.05, 4.69) is 9.72 Å². The Labute approximate surface area is 110 Å². The first kappa shape index (κ1) is 13.4. The Kier molecular flexibility index (Phi) is 4.01. The third-order valence-corrected chi connectivity index (χ3v) is 2.89. The summed E-state index contributed by atoms with van der Waals surface area (Å²) in [5.74, 6) is -0.704. The van der Waals surface area contributed by atoms with Gasteiger partial charge < -0.3 is 9.15 Å². The van der Waals surface area contributed by atoms with Gasteiger partial charge >= 0.3 is 11.7 Å². The maximum atomic E-state index is 11.1. The monoisotopic (exact) mass is 264 g/mol. The topological polar surface area (TPSA) is 75.5 Å². The summed E-state index contributed by atoms with van der Waals surface area (Å²) in [7, 11) is 3.23. The fourth-order valence-corrected chi connectivity index (χ4v) is 1.83. The number of carbonyl (C=O) groups excluding carboxylic acids is 1. The number of benzene rings is 1. The smallest absolute Gasteiger partial charge is 0.417 e. The van der Waals surface area contributed by atoms with Crippen molar-refractivity contribution >= 4 is 17.1 Å². The van der Waals surface area contributed by atoms with Gasteiger partial charge in [0.2, 0.25) is 0 Å². The molecule has 0 unspecified atom stereocenters. The van der Waals surface area contributed by atoms with Crippen LogP contribution < -0.4 is 5.76 Å². The van der Waals surface area contributed by atoms with Crippen LogP contribution in [-0.4, -0.2) is 43.1 Å². The minimum absolute atomic E-state index is 0.255. The molecule has 19 heavy (non-hydrogen) atoms. The molecule has 1 N–H and O–H groups in total. The van der Waals surface area contributed by atoms with E-state index < -0.39 is 5.76 Å². The van der Waals surface area contributed by atoms with Gasteiger partial charge in [-0.15, -0.1) is 0 Å². The molecule has 0 aliphatic carbocycles. The Morgan fingerprint density at radius 1 is 1.47 bits per heavy atom. The molecular weight excluding hydrogens is 248 g/mol. The third kappa shape index (κ3) is 3.45. The lowest BCUT2D eigenvalue weighted by atomic mass is 10.1. The Bertz CT molecular complexity index is 629. The molecule has 0 fully saturated rings. The minimum Gasteiger partial charge on any atom is -0.468 e. The molecule has 2 rings (SSSR count). The van der Waals surface area contributed by atoms with Gasteiger partial charge in [0.05, 0.1) is 19.2 Å². The van der Waals surface area contributed by atoms with Crippen LogP contribution in [0.15, 0.2) is 27.4 Å². The minimum atomic E-state index is -0.449. The molecule has 1 heterocycles. The van der Waals surface area contributed by atoms with E-state index in [4.69, 9.17) is 4.42 Å². The number of H-pyrrole nitrogens is 1. The van der Waals surface area contributed by atoms with E-state index in [-0.39, 0.29) is 12.5 Å². The lowest BCUT2D eigenvalue weighted by Gasteiger charge is -2.14. The zero-order chi connectivity index (χ0) is 13.8. The standard InChI is InChI=1S/C13H16N2O4/c1-15(8-12(16)18-2)6-5-9-3-4-10-11(7-9)19-13(17)14-10/h3-4,7H,5-6,8H2,1-2H3,(H,14,17). The second kappa shape index (κ2) is 5.71. The summed E-state index contributed by atoms with van der Waals surface area (Å²) in [4.78, 5) is 26.6. The normalized spacial score (nSPS) is 11.1. The van der Waals surface area contributed by atoms with E-state index in [1.54, 1.807) is 0 Å². The quantitative estimate of drug-likeness (QED) is 0.807. The Morgan fingerprint density at radius 3 is 3.00 bits per heavy atom. The van der Waals surface area contributed by atoms with Crippen molar-refractivity contribution < 1.29 is 13.9 Å². The van der Waals surface area contributed by atoms with Gasteiger partial charge in [-0.3, -0.25) is 14.7 Å². The maximum Gasteiger partial charge on any atom is 0.417 e. The van der Waals surface area contributed by atoms with Crippen molar-refractivity contribution in [1.29, 1.82) is 0 Å². The molecule has 0 amide bonds. The predicted molar refractivity (Wildman–Crippen MR) is 70.1 cm³/mol. The molecule has 0 radical (unpaired) electrons. The zero-order valence-electron chi connectivity index (χ0n) is 10.9. The number of likely N-dealkylation sites (N-methyl/N-ethyl adjacent to an activating group) is 1. The van der Waals surface area contributed by atoms with Crippen molar-refractivity contribution in [2.75, 3.05) is 27.2 Å². The highest BCUT2D eigenvalue weighted by molar-refractivity contribution is 5.72. The van der Waals surface area contributed by atoms with Gasteiger partial charge in [0.25, 0.3) is 0 Å². The summed E-state index contributed by atoms with van der Waals surface area (Å²) in [5.41, 5.74) is 2.29. The van der Waals surface area contributed by atoms with Gasteiger partial charge in [-0.05, 0) is 31.2 Å². The number of aromatic amines is 1. The highest BCUT2D eigenvalue weighted by Crippen LogP contribution is 2.12. The van der Waals surface area contributed by atoms with Crippen LogP contribution >= 0.6 is 0 Å². The highest BCUT2D eigenvalue weighted by atomic mass is 16.5. The molecule has 1 aromatic carbocycles. The summed E-state index contributed by atoms with van der Waals surface area (Å²) in [6.45, 7) is 0.979. The number of hydrogen-bond acceptors (Lipinski definition) is 5. The third-order valence-electron chi connectivity index (χ3n) is 2.89. The van der Waals surface area contributed by atoms with E-state index in [1.807, 2.05) is 30.1 Å². The lowest BCUT2D eigenvalue weighted by molar-refractivity contribution is -0.141. The second-order valence-electron chi connectivity index (χ2n) is 4.41. The molecule has 0 bridgehead atoms. The summed E-state index contributed by atoms with van der Waals surface area (Å²) in [5, 5.41) is 0. The number of fused-ring (bicyclic) bond motifs is 1. The zero-order valence-corrected chi connectivity index (χ0v) is 10.9. The molecule has 1 aromatic heterocycles. The molecule has 0 spiro atoms. The molecular formula is C13H16N2O4. The van der Waals surface area contributed by atoms with Gasteiger partial charge in [0.15, 0.2) is 5.58 Å². The first-order valence-electron chi connectivity index (χ1n) is 5.95. The molecule has 102 valence electrons. The SMILES string of the molecule is COC(=O)CN(C)CCc1ccc2[nH]c(=O)oc2c1. The van der Waals surface area contributed by atoms with Crippen molar-refractivity contribution in [2.45, 2.75) is 6.42 Å². The second-order valence-corrected chi connectivity index (χ2v) is 4.41. The number of oxazole rings is 1. The first-order chi connectivity index (χ1) is 9.08. The van der Waals surface area contributed by atoms with Crippen LogP contribution in [0.3, 0.4) is 0 Å². The summed E-state index contributed by atoms with van der Waals surface area (Å²) in [6, 6.07) is 5.58. The average molecular weight is 264 g/mol. The summed E-state index contributed by atoms with van der Waals surface area (Å²) >= 11 is 0. The van der Waals surface area contributed by atoms with Crippen LogP contribution in [0.4, 0.5) is 0 Å². The number of ether oxygens (including phenoxy) is 1. The Hall–Kier alpha value is -2.08. The Morgan fingerprint density at radius 2 is 2.26 bits per heavy atom. The largest absolute Gasteiger partial charge is 0.468 e. The predicted octanol–water partition coefficient (Wildman–Crippen LogP) is 0.768. The lowest BCUT2D eigenvalue weighted by Crippen LogP contribution is -2.28. The number of hydrogen-bond donors (Lipinski definition) is 1. The van der Waals surface area contributed by atoms with Gasteiger partial charge in [-0.2, -0.15) is 0 Å². The van der Waals surface area contributed by atoms with Crippen LogP contribution in [0.5, 0.6) is 0 Å². The molecule has 0 atom stereocenters. The van der Waals surface area contributed by atoms with Gasteiger partial charge in [-0.25, -0.2) is 4.79 Å². The van der Waals surface area contributed by atoms with Crippen LogP contribution in [0.25, 0.3) is 11.1 Å². The summed E-state index contributed by atoms with van der Waals surface area (Å²) < 4.78 is 9.60. The molecule has 0 saturated carbocycles. The van der Waals surface area contributed by atoms with Gasteiger partial charge in [0, 0.05) is 6.54 Å². The van der Waals surface area contributed by atoms with E-state index >= 15 is 0 Å². The summed E-state index contributed by atoms with van der Waals surface area (Å²) in [6.07, 6.45) is 0.762. The number of aromatic nitrogens is 1. The molecule has 6 nitrogen and oxygen atoms in total. The fraction of sp³-hybridized carbons (Fsp3) is 0.385. The van der Waals surface area contributed by atoms with E-state index in [0.29, 0.717) is 11.1 Å². The molecule has 6 heteroatoms. The average Bonchev–Trinajstić information content (AvgIpc) is 2.75. The van der Waals surface area contributed by atoms with Gasteiger partial charge in [-0.1, -0.05) is 6.07 Å². The van der Waals surface area contributed by atoms with Crippen molar-refractivity contribution in [1.82, 2.24) is 9.88 Å². The number of rotatable bonds is 5. The maximum absolute atomic E-state index is 11.1. The van der Waals surface area contributed by atoms with Crippen molar-refractivity contribution in [3.8, 4) is 0 Å². The van der Waals surface area contributed by atoms with Crippen molar-refractivity contribution in [3.63, 3.8) is 0 Å². The molecule has 0 aliphatic rings. The molecule has 2 aromatic rings. The molecule has 0 aliphatic heterocycles. The van der Waals surface area contributed by atoms with Gasteiger partial charge in [0.1, 0.15) is 0 Å². The van der Waals surface area contributed by atoms with E-state index in [0.717, 1.165) is 18.5 Å². The van der Waals surface area contributed by atoms with Crippen molar-refractivity contribution in [3.05, 3.63) is 34.3 Å². The number of nitrogens with one attached hydrogen (secondary N) is 1. The fourth-order valence-electron chi connectivity index (χ4n) is 1.83.